The number of aromatic nitrogens is 3. The molecule has 1 N–H and O–H groups in total. The summed E-state index contributed by atoms with van der Waals surface area (Å²) in [5.41, 5.74) is 3.04. The van der Waals surface area contributed by atoms with Crippen molar-refractivity contribution in [3.05, 3.63) is 78.1 Å². The molecule has 7 heteroatoms. The SMILES string of the molecule is CC(=O)On1nc(C(=O)O)cc1-c1cn(Cc2ccccc2)c2ccccc12. The normalized spacial score (nSPS) is 10.9. The van der Waals surface area contributed by atoms with Gasteiger partial charge in [-0.05, 0) is 11.6 Å². The molecule has 0 saturated heterocycles. The van der Waals surface area contributed by atoms with E-state index in [1.807, 2.05) is 60.8 Å². The molecule has 0 aliphatic carbocycles. The van der Waals surface area contributed by atoms with Gasteiger partial charge in [0.2, 0.25) is 0 Å². The largest absolute Gasteiger partial charge is 0.476 e. The average Bonchev–Trinajstić information content (AvgIpc) is 3.24. The molecule has 2 aromatic carbocycles. The Hall–Kier alpha value is -3.87. The summed E-state index contributed by atoms with van der Waals surface area (Å²) in [6.07, 6.45) is 1.92. The molecule has 2 heterocycles. The summed E-state index contributed by atoms with van der Waals surface area (Å²) in [7, 11) is 0. The molecule has 140 valence electrons. The van der Waals surface area contributed by atoms with E-state index < -0.39 is 11.9 Å². The zero-order chi connectivity index (χ0) is 19.7. The number of aromatic carboxylic acids is 1. The van der Waals surface area contributed by atoms with E-state index in [1.54, 1.807) is 0 Å². The molecule has 7 nitrogen and oxygen atoms in total. The molecule has 0 bridgehead atoms. The number of fused-ring (bicyclic) bond motifs is 1. The predicted octanol–water partition coefficient (Wildman–Crippen LogP) is 3.23. The third-order valence-electron chi connectivity index (χ3n) is 4.37. The fourth-order valence-electron chi connectivity index (χ4n) is 3.20. The van der Waals surface area contributed by atoms with E-state index in [1.165, 1.54) is 13.0 Å². The van der Waals surface area contributed by atoms with Crippen molar-refractivity contribution >= 4 is 22.8 Å². The Bertz CT molecular complexity index is 1180. The summed E-state index contributed by atoms with van der Waals surface area (Å²) in [6.45, 7) is 1.89. The number of benzene rings is 2. The fraction of sp³-hybridized carbons (Fsp3) is 0.0952. The standard InChI is InChI=1S/C21H17N3O4/c1-14(25)28-24-20(11-18(22-24)21(26)27)17-13-23(12-15-7-3-2-4-8-15)19-10-6-5-9-16(17)19/h2-11,13H,12H2,1H3,(H,26,27). The van der Waals surface area contributed by atoms with Gasteiger partial charge in [0.1, 0.15) is 5.69 Å². The van der Waals surface area contributed by atoms with Crippen molar-refractivity contribution < 1.29 is 19.5 Å². The van der Waals surface area contributed by atoms with Crippen LogP contribution >= 0.6 is 0 Å². The molecule has 0 radical (unpaired) electrons. The number of hydrogen-bond donors (Lipinski definition) is 1. The van der Waals surface area contributed by atoms with Gasteiger partial charge in [-0.1, -0.05) is 53.4 Å². The van der Waals surface area contributed by atoms with Crippen LogP contribution < -0.4 is 4.84 Å². The Morgan fingerprint density at radius 3 is 2.50 bits per heavy atom. The van der Waals surface area contributed by atoms with Crippen LogP contribution in [0.25, 0.3) is 22.2 Å². The molecule has 0 atom stereocenters. The minimum absolute atomic E-state index is 0.198. The Morgan fingerprint density at radius 1 is 1.07 bits per heavy atom. The first kappa shape index (κ1) is 17.5. The van der Waals surface area contributed by atoms with Crippen LogP contribution in [-0.4, -0.2) is 31.6 Å². The van der Waals surface area contributed by atoms with Crippen LogP contribution in [-0.2, 0) is 11.3 Å². The summed E-state index contributed by atoms with van der Waals surface area (Å²) in [4.78, 5) is 28.9. The molecule has 0 saturated carbocycles. The molecule has 2 aromatic heterocycles. The van der Waals surface area contributed by atoms with Gasteiger partial charge in [0.05, 0.1) is 0 Å². The highest BCUT2D eigenvalue weighted by Crippen LogP contribution is 2.31. The van der Waals surface area contributed by atoms with Gasteiger partial charge in [-0.3, -0.25) is 0 Å². The van der Waals surface area contributed by atoms with Crippen LogP contribution in [0.15, 0.2) is 66.9 Å². The lowest BCUT2D eigenvalue weighted by molar-refractivity contribution is -0.142. The number of carboxylic acid groups (broad SMARTS) is 1. The number of rotatable bonds is 5. The maximum Gasteiger partial charge on any atom is 0.356 e. The maximum atomic E-state index is 11.5. The molecule has 0 spiro atoms. The van der Waals surface area contributed by atoms with Crippen molar-refractivity contribution in [1.82, 2.24) is 14.5 Å². The maximum absolute atomic E-state index is 11.5. The lowest BCUT2D eigenvalue weighted by Crippen LogP contribution is -2.19. The van der Waals surface area contributed by atoms with Crippen LogP contribution in [0.2, 0.25) is 0 Å². The Balaban J connectivity index is 1.88. The van der Waals surface area contributed by atoms with Crippen LogP contribution in [0.3, 0.4) is 0 Å². The van der Waals surface area contributed by atoms with E-state index in [0.717, 1.165) is 26.9 Å². The van der Waals surface area contributed by atoms with Crippen molar-refractivity contribution in [2.75, 3.05) is 0 Å². The first-order chi connectivity index (χ1) is 13.5. The molecule has 4 aromatic rings. The van der Waals surface area contributed by atoms with Crippen molar-refractivity contribution in [3.63, 3.8) is 0 Å². The highest BCUT2D eigenvalue weighted by Gasteiger charge is 2.20. The van der Waals surface area contributed by atoms with E-state index in [4.69, 9.17) is 4.84 Å². The van der Waals surface area contributed by atoms with Gasteiger partial charge in [-0.15, -0.1) is 5.10 Å². The number of carboxylic acids is 1. The van der Waals surface area contributed by atoms with Crippen molar-refractivity contribution in [1.29, 1.82) is 0 Å². The first-order valence-electron chi connectivity index (χ1n) is 8.67. The second-order valence-electron chi connectivity index (χ2n) is 6.35. The second-order valence-corrected chi connectivity index (χ2v) is 6.35. The molecule has 28 heavy (non-hydrogen) atoms. The smallest absolute Gasteiger partial charge is 0.356 e. The summed E-state index contributed by atoms with van der Waals surface area (Å²) in [6, 6.07) is 19.2. The Morgan fingerprint density at radius 2 is 1.79 bits per heavy atom. The zero-order valence-electron chi connectivity index (χ0n) is 15.1. The third kappa shape index (κ3) is 3.25. The van der Waals surface area contributed by atoms with Crippen LogP contribution in [0.5, 0.6) is 0 Å². The summed E-state index contributed by atoms with van der Waals surface area (Å²) in [5, 5.41) is 14.1. The molecular weight excluding hydrogens is 358 g/mol. The highest BCUT2D eigenvalue weighted by atomic mass is 16.7. The monoisotopic (exact) mass is 375 g/mol. The number of nitrogens with zero attached hydrogens (tertiary/aromatic N) is 3. The number of hydrogen-bond acceptors (Lipinski definition) is 4. The molecule has 0 aliphatic heterocycles. The predicted molar refractivity (Wildman–Crippen MR) is 103 cm³/mol. The lowest BCUT2D eigenvalue weighted by Gasteiger charge is -2.05. The Labute approximate surface area is 160 Å². The minimum atomic E-state index is -1.19. The highest BCUT2D eigenvalue weighted by molar-refractivity contribution is 5.97. The average molecular weight is 375 g/mol. The van der Waals surface area contributed by atoms with Gasteiger partial charge in [0.15, 0.2) is 5.69 Å². The topological polar surface area (TPSA) is 86.3 Å². The quantitative estimate of drug-likeness (QED) is 0.579. The molecule has 0 fully saturated rings. The second kappa shape index (κ2) is 7.03. The third-order valence-corrected chi connectivity index (χ3v) is 4.37. The molecule has 0 unspecified atom stereocenters. The number of carbonyl (C=O) groups excluding carboxylic acids is 1. The minimum Gasteiger partial charge on any atom is -0.476 e. The molecule has 0 amide bonds. The van der Waals surface area contributed by atoms with Crippen molar-refractivity contribution in [2.45, 2.75) is 13.5 Å². The van der Waals surface area contributed by atoms with E-state index >= 15 is 0 Å². The van der Waals surface area contributed by atoms with Gasteiger partial charge in [-0.2, -0.15) is 0 Å². The van der Waals surface area contributed by atoms with Crippen LogP contribution in [0.1, 0.15) is 23.0 Å². The van der Waals surface area contributed by atoms with Crippen LogP contribution in [0.4, 0.5) is 0 Å². The van der Waals surface area contributed by atoms with E-state index in [2.05, 4.69) is 9.67 Å². The van der Waals surface area contributed by atoms with E-state index in [9.17, 15) is 14.7 Å². The van der Waals surface area contributed by atoms with Gasteiger partial charge in [0, 0.05) is 42.2 Å². The summed E-state index contributed by atoms with van der Waals surface area (Å²) >= 11 is 0. The molecule has 0 aliphatic rings. The fourth-order valence-corrected chi connectivity index (χ4v) is 3.20. The number of carbonyl (C=O) groups is 2. The van der Waals surface area contributed by atoms with Gasteiger partial charge >= 0.3 is 11.9 Å². The summed E-state index contributed by atoms with van der Waals surface area (Å²) < 4.78 is 2.07. The molecule has 4 rings (SSSR count). The zero-order valence-corrected chi connectivity index (χ0v) is 15.1. The van der Waals surface area contributed by atoms with Crippen molar-refractivity contribution in [2.24, 2.45) is 0 Å². The first-order valence-corrected chi connectivity index (χ1v) is 8.67. The summed E-state index contributed by atoms with van der Waals surface area (Å²) in [5.74, 6) is -1.78. The van der Waals surface area contributed by atoms with Gasteiger partial charge < -0.3 is 14.5 Å². The van der Waals surface area contributed by atoms with E-state index in [0.29, 0.717) is 12.2 Å². The van der Waals surface area contributed by atoms with Crippen molar-refractivity contribution in [3.8, 4) is 11.3 Å². The van der Waals surface area contributed by atoms with Gasteiger partial charge in [-0.25, -0.2) is 9.59 Å². The van der Waals surface area contributed by atoms with Crippen LogP contribution in [0, 0.1) is 0 Å². The lowest BCUT2D eigenvalue weighted by atomic mass is 10.1. The number of para-hydroxylation sites is 1. The Kier molecular flexibility index (Phi) is 4.41. The molecular formula is C21H17N3O4. The van der Waals surface area contributed by atoms with E-state index in [-0.39, 0.29) is 5.69 Å². The van der Waals surface area contributed by atoms with Gasteiger partial charge in [0.25, 0.3) is 0 Å².